The van der Waals surface area contributed by atoms with Crippen molar-refractivity contribution in [1.29, 1.82) is 0 Å². The molecule has 2 aromatic rings. The molecule has 1 amide bonds. The van der Waals surface area contributed by atoms with Crippen LogP contribution in [0.4, 0.5) is 17.5 Å². The summed E-state index contributed by atoms with van der Waals surface area (Å²) in [5, 5.41) is 23.0. The van der Waals surface area contributed by atoms with Gasteiger partial charge in [0.1, 0.15) is 6.10 Å². The number of pyridine rings is 1. The molecule has 3 heterocycles. The Morgan fingerprint density at radius 1 is 1.48 bits per heavy atom. The molecule has 25 heavy (non-hydrogen) atoms. The molecule has 0 bridgehead atoms. The number of aromatic amines is 1. The summed E-state index contributed by atoms with van der Waals surface area (Å²) in [4.78, 5) is 36.8. The van der Waals surface area contributed by atoms with Gasteiger partial charge in [-0.15, -0.1) is 0 Å². The lowest BCUT2D eigenvalue weighted by molar-refractivity contribution is 0.0152. The number of nitrogens with two attached hydrogens (primary N) is 1. The molecule has 10 heteroatoms. The number of rotatable bonds is 3. The molecule has 0 aliphatic carbocycles. The maximum absolute atomic E-state index is 13.0. The second kappa shape index (κ2) is 6.49. The van der Waals surface area contributed by atoms with Crippen LogP contribution in [0.25, 0.3) is 0 Å². The maximum atomic E-state index is 13.0. The number of nitrogens with one attached hydrogen (secondary N) is 2. The maximum Gasteiger partial charge on any atom is 0.278 e. The van der Waals surface area contributed by atoms with Crippen LogP contribution in [0.2, 0.25) is 0 Å². The molecule has 1 aliphatic heterocycles. The van der Waals surface area contributed by atoms with Crippen LogP contribution >= 0.6 is 0 Å². The number of hydrogen-bond acceptors (Lipinski definition) is 8. The molecule has 0 saturated carbocycles. The molecule has 3 rings (SSSR count). The Bertz CT molecular complexity index is 838. The number of nitrogens with zero attached hydrogens (tertiary/aromatic N) is 3. The van der Waals surface area contributed by atoms with Crippen molar-refractivity contribution >= 4 is 23.4 Å². The Balaban J connectivity index is 2.14. The third kappa shape index (κ3) is 3.04. The van der Waals surface area contributed by atoms with E-state index in [1.807, 2.05) is 0 Å². The summed E-state index contributed by atoms with van der Waals surface area (Å²) in [5.74, 6) is -0.510. The molecule has 3 atom stereocenters. The topological polar surface area (TPSA) is 157 Å². The van der Waals surface area contributed by atoms with Crippen LogP contribution in [0.15, 0.2) is 29.3 Å². The average molecular weight is 346 g/mol. The van der Waals surface area contributed by atoms with E-state index >= 15 is 0 Å². The van der Waals surface area contributed by atoms with Crippen LogP contribution in [0.1, 0.15) is 17.3 Å². The zero-order valence-electron chi connectivity index (χ0n) is 13.4. The number of H-pyrrole nitrogens is 1. The molecule has 0 radical (unpaired) electrons. The Labute approximate surface area is 142 Å². The number of anilines is 3. The Kier molecular flexibility index (Phi) is 4.38. The molecular formula is C15H18N6O4. The summed E-state index contributed by atoms with van der Waals surface area (Å²) < 4.78 is 0. The lowest BCUT2D eigenvalue weighted by Gasteiger charge is -2.39. The summed E-state index contributed by atoms with van der Waals surface area (Å²) >= 11 is 0. The van der Waals surface area contributed by atoms with Crippen molar-refractivity contribution in [2.45, 2.75) is 25.2 Å². The van der Waals surface area contributed by atoms with Gasteiger partial charge in [0, 0.05) is 18.9 Å². The largest absolute Gasteiger partial charge is 0.391 e. The van der Waals surface area contributed by atoms with Gasteiger partial charge in [-0.05, 0) is 19.1 Å². The number of amides is 1. The van der Waals surface area contributed by atoms with Crippen molar-refractivity contribution in [1.82, 2.24) is 15.0 Å². The monoisotopic (exact) mass is 346 g/mol. The minimum atomic E-state index is -1.28. The minimum Gasteiger partial charge on any atom is -0.391 e. The molecule has 132 valence electrons. The van der Waals surface area contributed by atoms with Gasteiger partial charge >= 0.3 is 0 Å². The molecule has 2 aromatic heterocycles. The number of aliphatic hydroxyl groups excluding tert-OH is 2. The fourth-order valence-corrected chi connectivity index (χ4v) is 2.76. The molecular weight excluding hydrogens is 328 g/mol. The van der Waals surface area contributed by atoms with Gasteiger partial charge in [0.05, 0.1) is 17.7 Å². The summed E-state index contributed by atoms with van der Waals surface area (Å²) in [6.45, 7) is 1.49. The number of fused-ring (bicyclic) bond motifs is 1. The summed E-state index contributed by atoms with van der Waals surface area (Å²) in [5.41, 5.74) is 5.08. The summed E-state index contributed by atoms with van der Waals surface area (Å²) in [6.07, 6.45) is 0.477. The Hall–Kier alpha value is -2.98. The van der Waals surface area contributed by atoms with Crippen molar-refractivity contribution < 1.29 is 15.0 Å². The third-order valence-electron chi connectivity index (χ3n) is 3.98. The second-order valence-electron chi connectivity index (χ2n) is 5.74. The predicted molar refractivity (Wildman–Crippen MR) is 90.3 cm³/mol. The van der Waals surface area contributed by atoms with Crippen LogP contribution in [0.5, 0.6) is 0 Å². The van der Waals surface area contributed by atoms with E-state index in [4.69, 9.17) is 5.73 Å². The highest BCUT2D eigenvalue weighted by atomic mass is 16.3. The zero-order valence-corrected chi connectivity index (χ0v) is 13.4. The van der Waals surface area contributed by atoms with Gasteiger partial charge in [0.2, 0.25) is 5.95 Å². The highest BCUT2D eigenvalue weighted by molar-refractivity contribution is 6.08. The van der Waals surface area contributed by atoms with Crippen molar-refractivity contribution in [3.05, 3.63) is 40.4 Å². The number of carbonyl (C=O) groups is 1. The van der Waals surface area contributed by atoms with E-state index in [0.717, 1.165) is 4.90 Å². The van der Waals surface area contributed by atoms with E-state index in [1.54, 1.807) is 12.1 Å². The molecule has 0 spiro atoms. The molecule has 1 aliphatic rings. The highest BCUT2D eigenvalue weighted by Gasteiger charge is 2.40. The SMILES string of the molecule is C[C@@H](O)[C@@H](O)C1CNc2nc(N)[nH]c(=O)c2N1C(=O)c1cccnc1. The fraction of sp³-hybridized carbons (Fsp3) is 0.333. The molecule has 10 nitrogen and oxygen atoms in total. The highest BCUT2D eigenvalue weighted by Crippen LogP contribution is 2.29. The van der Waals surface area contributed by atoms with Crippen molar-refractivity contribution in [3.8, 4) is 0 Å². The first kappa shape index (κ1) is 16.9. The van der Waals surface area contributed by atoms with Gasteiger partial charge in [0.15, 0.2) is 11.5 Å². The van der Waals surface area contributed by atoms with Gasteiger partial charge in [-0.2, -0.15) is 4.98 Å². The smallest absolute Gasteiger partial charge is 0.278 e. The molecule has 6 N–H and O–H groups in total. The number of nitrogen functional groups attached to an aromatic ring is 1. The van der Waals surface area contributed by atoms with Crippen molar-refractivity contribution in [3.63, 3.8) is 0 Å². The van der Waals surface area contributed by atoms with E-state index < -0.39 is 29.7 Å². The van der Waals surface area contributed by atoms with Gasteiger partial charge in [-0.3, -0.25) is 24.5 Å². The van der Waals surface area contributed by atoms with E-state index in [0.29, 0.717) is 0 Å². The normalized spacial score (nSPS) is 18.8. The van der Waals surface area contributed by atoms with E-state index in [-0.39, 0.29) is 29.6 Å². The lowest BCUT2D eigenvalue weighted by Crippen LogP contribution is -2.58. The number of carbonyl (C=O) groups excluding carboxylic acids is 1. The van der Waals surface area contributed by atoms with Gasteiger partial charge in [-0.25, -0.2) is 0 Å². The minimum absolute atomic E-state index is 0.0704. The van der Waals surface area contributed by atoms with Gasteiger partial charge in [-0.1, -0.05) is 0 Å². The first-order chi connectivity index (χ1) is 11.9. The van der Waals surface area contributed by atoms with Crippen LogP contribution in [0.3, 0.4) is 0 Å². The van der Waals surface area contributed by atoms with Crippen molar-refractivity contribution in [2.24, 2.45) is 0 Å². The third-order valence-corrected chi connectivity index (χ3v) is 3.98. The Morgan fingerprint density at radius 3 is 2.88 bits per heavy atom. The fourth-order valence-electron chi connectivity index (χ4n) is 2.76. The number of aromatic nitrogens is 3. The lowest BCUT2D eigenvalue weighted by atomic mass is 10.0. The van der Waals surface area contributed by atoms with Crippen LogP contribution in [0, 0.1) is 0 Å². The van der Waals surface area contributed by atoms with Gasteiger partial charge < -0.3 is 21.3 Å². The van der Waals surface area contributed by atoms with Crippen LogP contribution in [-0.4, -0.2) is 55.9 Å². The quantitative estimate of drug-likeness (QED) is 0.470. The second-order valence-corrected chi connectivity index (χ2v) is 5.74. The molecule has 0 saturated heterocycles. The van der Waals surface area contributed by atoms with Crippen LogP contribution in [-0.2, 0) is 0 Å². The first-order valence-electron chi connectivity index (χ1n) is 7.63. The molecule has 0 fully saturated rings. The Morgan fingerprint density at radius 2 is 2.24 bits per heavy atom. The zero-order chi connectivity index (χ0) is 18.1. The summed E-state index contributed by atoms with van der Waals surface area (Å²) in [7, 11) is 0. The van der Waals surface area contributed by atoms with E-state index in [2.05, 4.69) is 20.3 Å². The standard InChI is InChI=1S/C15H18N6O4/c1-7(22)11(23)9-6-18-12-10(13(24)20-15(16)19-12)21(9)14(25)8-3-2-4-17-5-8/h2-5,7,9,11,22-23H,6H2,1H3,(H4,16,18,19,20,24)/t7-,9?,11-/m1/s1. The number of hydrogen-bond donors (Lipinski definition) is 5. The van der Waals surface area contributed by atoms with Crippen molar-refractivity contribution in [2.75, 3.05) is 22.5 Å². The van der Waals surface area contributed by atoms with E-state index in [9.17, 15) is 19.8 Å². The average Bonchev–Trinajstić information content (AvgIpc) is 2.60. The van der Waals surface area contributed by atoms with Crippen LogP contribution < -0.4 is 21.5 Å². The summed E-state index contributed by atoms with van der Waals surface area (Å²) in [6, 6.07) is 2.25. The van der Waals surface area contributed by atoms with Gasteiger partial charge in [0.25, 0.3) is 11.5 Å². The predicted octanol–water partition coefficient (Wildman–Crippen LogP) is -1.07. The number of aliphatic hydroxyl groups is 2. The van der Waals surface area contributed by atoms with E-state index in [1.165, 1.54) is 19.3 Å². The molecule has 1 unspecified atom stereocenters. The first-order valence-corrected chi connectivity index (χ1v) is 7.63. The molecule has 0 aromatic carbocycles.